The zero-order valence-corrected chi connectivity index (χ0v) is 17.4. The van der Waals surface area contributed by atoms with E-state index in [1.165, 1.54) is 0 Å². The minimum absolute atomic E-state index is 0.0780. The summed E-state index contributed by atoms with van der Waals surface area (Å²) in [5, 5.41) is 0.559. The van der Waals surface area contributed by atoms with Gasteiger partial charge in [0.2, 0.25) is 5.43 Å². The average molecular weight is 517 g/mol. The molecule has 0 aliphatic carbocycles. The lowest BCUT2D eigenvalue weighted by Gasteiger charge is -2.18. The quantitative estimate of drug-likeness (QED) is 0.391. The van der Waals surface area contributed by atoms with E-state index in [4.69, 9.17) is 9.15 Å². The molecule has 0 radical (unpaired) electrons. The Balaban J connectivity index is 2.02. The number of para-hydroxylation sites is 1. The predicted molar refractivity (Wildman–Crippen MR) is 107 cm³/mol. The first-order chi connectivity index (χ1) is 11.5. The van der Waals surface area contributed by atoms with Crippen LogP contribution in [0.25, 0.3) is 11.0 Å². The molecule has 0 saturated carbocycles. The molecule has 2 unspecified atom stereocenters. The average Bonchev–Trinajstić information content (AvgIpc) is 2.63. The molecule has 3 nitrogen and oxygen atoms in total. The molecule has 0 fully saturated rings. The van der Waals surface area contributed by atoms with Crippen molar-refractivity contribution in [3.8, 4) is 5.75 Å². The maximum Gasteiger partial charge on any atom is 0.207 e. The molecule has 0 amide bonds. The van der Waals surface area contributed by atoms with Crippen LogP contribution in [0, 0.1) is 0 Å². The molecule has 1 heterocycles. The van der Waals surface area contributed by atoms with Crippen LogP contribution in [0.1, 0.15) is 21.0 Å². The molecule has 3 aromatic rings. The standard InChI is InChI=1S/C18H13Br3O3/c1-23-11-8-6-10(7-9-11)14(19)15(20)18-16(21)17(22)12-4-2-3-5-13(12)24-18/h2-9,14-15H,1H3. The van der Waals surface area contributed by atoms with Crippen molar-refractivity contribution in [2.45, 2.75) is 9.65 Å². The Kier molecular flexibility index (Phi) is 5.47. The minimum atomic E-state index is -0.224. The van der Waals surface area contributed by atoms with Crippen LogP contribution in [0.3, 0.4) is 0 Å². The number of hydrogen-bond acceptors (Lipinski definition) is 3. The normalized spacial score (nSPS) is 13.7. The molecule has 124 valence electrons. The van der Waals surface area contributed by atoms with Crippen LogP contribution in [0.2, 0.25) is 0 Å². The highest BCUT2D eigenvalue weighted by atomic mass is 79.9. The van der Waals surface area contributed by atoms with Crippen molar-refractivity contribution in [2.75, 3.05) is 7.11 Å². The molecule has 0 saturated heterocycles. The van der Waals surface area contributed by atoms with Crippen molar-refractivity contribution in [1.29, 1.82) is 0 Å². The molecule has 6 heteroatoms. The first-order valence-electron chi connectivity index (χ1n) is 7.16. The SMILES string of the molecule is COc1ccc(C(Br)C(Br)c2oc3ccccc3c(=O)c2Br)cc1. The van der Waals surface area contributed by atoms with Crippen LogP contribution in [0.15, 0.2) is 62.2 Å². The fourth-order valence-electron chi connectivity index (χ4n) is 2.40. The van der Waals surface area contributed by atoms with E-state index in [0.29, 0.717) is 21.2 Å². The Hall–Kier alpha value is -1.11. The van der Waals surface area contributed by atoms with Crippen LogP contribution in [-0.2, 0) is 0 Å². The molecule has 0 N–H and O–H groups in total. The van der Waals surface area contributed by atoms with E-state index in [9.17, 15) is 4.79 Å². The molecule has 2 atom stereocenters. The van der Waals surface area contributed by atoms with Gasteiger partial charge in [0.25, 0.3) is 0 Å². The summed E-state index contributed by atoms with van der Waals surface area (Å²) in [4.78, 5) is 12.2. The van der Waals surface area contributed by atoms with E-state index in [2.05, 4.69) is 47.8 Å². The Bertz CT molecular complexity index is 919. The Morgan fingerprint density at radius 3 is 2.33 bits per heavy atom. The maximum atomic E-state index is 12.5. The topological polar surface area (TPSA) is 39.4 Å². The highest BCUT2D eigenvalue weighted by Crippen LogP contribution is 2.44. The third-order valence-electron chi connectivity index (χ3n) is 3.71. The lowest BCUT2D eigenvalue weighted by molar-refractivity contribution is 0.414. The number of benzene rings is 2. The summed E-state index contributed by atoms with van der Waals surface area (Å²) < 4.78 is 11.6. The molecule has 24 heavy (non-hydrogen) atoms. The Labute approximate surface area is 164 Å². The monoisotopic (exact) mass is 514 g/mol. The van der Waals surface area contributed by atoms with E-state index >= 15 is 0 Å². The van der Waals surface area contributed by atoms with Gasteiger partial charge in [-0.3, -0.25) is 4.79 Å². The van der Waals surface area contributed by atoms with Gasteiger partial charge in [-0.05, 0) is 45.8 Å². The van der Waals surface area contributed by atoms with Crippen molar-refractivity contribution in [2.24, 2.45) is 0 Å². The van der Waals surface area contributed by atoms with Crippen LogP contribution >= 0.6 is 47.8 Å². The third kappa shape index (κ3) is 3.32. The van der Waals surface area contributed by atoms with Gasteiger partial charge in [-0.1, -0.05) is 56.1 Å². The molecular formula is C18H13Br3O3. The molecule has 0 bridgehead atoms. The maximum absolute atomic E-state index is 12.5. The third-order valence-corrected chi connectivity index (χ3v) is 7.17. The van der Waals surface area contributed by atoms with Gasteiger partial charge in [-0.15, -0.1) is 0 Å². The lowest BCUT2D eigenvalue weighted by atomic mass is 10.1. The molecule has 0 aliphatic rings. The summed E-state index contributed by atoms with van der Waals surface area (Å²) in [6, 6.07) is 15.0. The lowest BCUT2D eigenvalue weighted by Crippen LogP contribution is -2.09. The van der Waals surface area contributed by atoms with E-state index in [0.717, 1.165) is 11.3 Å². The van der Waals surface area contributed by atoms with Crippen LogP contribution in [0.5, 0.6) is 5.75 Å². The Morgan fingerprint density at radius 2 is 1.67 bits per heavy atom. The van der Waals surface area contributed by atoms with Crippen molar-refractivity contribution < 1.29 is 9.15 Å². The largest absolute Gasteiger partial charge is 0.497 e. The highest BCUT2D eigenvalue weighted by molar-refractivity contribution is 9.12. The van der Waals surface area contributed by atoms with E-state index in [-0.39, 0.29) is 15.1 Å². The molecule has 0 spiro atoms. The van der Waals surface area contributed by atoms with Gasteiger partial charge in [0.15, 0.2) is 0 Å². The molecular weight excluding hydrogens is 504 g/mol. The first-order valence-corrected chi connectivity index (χ1v) is 9.78. The number of alkyl halides is 2. The summed E-state index contributed by atoms with van der Waals surface area (Å²) in [7, 11) is 1.63. The van der Waals surface area contributed by atoms with Crippen molar-refractivity contribution in [3.63, 3.8) is 0 Å². The number of fused-ring (bicyclic) bond motifs is 1. The van der Waals surface area contributed by atoms with Gasteiger partial charge >= 0.3 is 0 Å². The second-order valence-corrected chi connectivity index (χ2v) is 7.95. The smallest absolute Gasteiger partial charge is 0.207 e. The van der Waals surface area contributed by atoms with Crippen LogP contribution in [-0.4, -0.2) is 7.11 Å². The minimum Gasteiger partial charge on any atom is -0.497 e. The number of halogens is 3. The molecule has 1 aromatic heterocycles. The molecule has 0 aliphatic heterocycles. The zero-order chi connectivity index (χ0) is 17.3. The van der Waals surface area contributed by atoms with Crippen molar-refractivity contribution in [3.05, 3.63) is 74.6 Å². The second-order valence-electron chi connectivity index (χ2n) is 5.18. The van der Waals surface area contributed by atoms with Gasteiger partial charge in [0, 0.05) is 0 Å². The first kappa shape index (κ1) is 17.7. The van der Waals surface area contributed by atoms with Gasteiger partial charge in [0.1, 0.15) is 21.6 Å². The summed E-state index contributed by atoms with van der Waals surface area (Å²) >= 11 is 10.7. The summed E-state index contributed by atoms with van der Waals surface area (Å²) in [5.74, 6) is 1.35. The summed E-state index contributed by atoms with van der Waals surface area (Å²) in [6.07, 6.45) is 0. The van der Waals surface area contributed by atoms with Gasteiger partial charge in [-0.25, -0.2) is 0 Å². The highest BCUT2D eigenvalue weighted by Gasteiger charge is 2.26. The van der Waals surface area contributed by atoms with E-state index in [1.807, 2.05) is 36.4 Å². The van der Waals surface area contributed by atoms with E-state index in [1.54, 1.807) is 19.2 Å². The number of rotatable bonds is 4. The number of hydrogen-bond donors (Lipinski definition) is 0. The second kappa shape index (κ2) is 7.42. The summed E-state index contributed by atoms with van der Waals surface area (Å²) in [6.45, 7) is 0. The number of methoxy groups -OCH3 is 1. The van der Waals surface area contributed by atoms with Gasteiger partial charge in [0.05, 0.1) is 22.2 Å². The predicted octanol–water partition coefficient (Wildman–Crippen LogP) is 6.14. The van der Waals surface area contributed by atoms with Crippen molar-refractivity contribution >= 4 is 58.8 Å². The summed E-state index contributed by atoms with van der Waals surface area (Å²) in [5.41, 5.74) is 1.53. The van der Waals surface area contributed by atoms with Gasteiger partial charge in [-0.2, -0.15) is 0 Å². The van der Waals surface area contributed by atoms with Crippen molar-refractivity contribution in [1.82, 2.24) is 0 Å². The fraction of sp³-hybridized carbons (Fsp3) is 0.167. The Morgan fingerprint density at radius 1 is 1.00 bits per heavy atom. The molecule has 3 rings (SSSR count). The van der Waals surface area contributed by atoms with Crippen LogP contribution < -0.4 is 10.2 Å². The fourth-order valence-corrected chi connectivity index (χ4v) is 4.42. The van der Waals surface area contributed by atoms with E-state index < -0.39 is 0 Å². The zero-order valence-electron chi connectivity index (χ0n) is 12.6. The molecule has 2 aromatic carbocycles. The van der Waals surface area contributed by atoms with Crippen LogP contribution in [0.4, 0.5) is 0 Å². The van der Waals surface area contributed by atoms with Gasteiger partial charge < -0.3 is 9.15 Å². The number of ether oxygens (including phenoxy) is 1.